The fourth-order valence-electron chi connectivity index (χ4n) is 3.09. The first-order chi connectivity index (χ1) is 9.11. The third kappa shape index (κ3) is 3.29. The zero-order chi connectivity index (χ0) is 13.8. The highest BCUT2D eigenvalue weighted by molar-refractivity contribution is 5.61. The molecule has 0 saturated heterocycles. The number of nitriles is 1. The molecule has 0 unspecified atom stereocenters. The Bertz CT molecular complexity index is 463. The van der Waals surface area contributed by atoms with Crippen molar-refractivity contribution in [1.82, 2.24) is 0 Å². The maximum absolute atomic E-state index is 9.25. The molecule has 0 spiro atoms. The summed E-state index contributed by atoms with van der Waals surface area (Å²) in [7, 11) is 0. The van der Waals surface area contributed by atoms with Crippen molar-refractivity contribution in [3.8, 4) is 6.07 Å². The highest BCUT2D eigenvalue weighted by atomic mass is 14.9. The number of anilines is 1. The summed E-state index contributed by atoms with van der Waals surface area (Å²) in [5.74, 6) is 1.68. The van der Waals surface area contributed by atoms with Gasteiger partial charge in [0.05, 0.1) is 11.3 Å². The normalized spacial score (nSPS) is 23.1. The minimum Gasteiger partial charge on any atom is -0.381 e. The van der Waals surface area contributed by atoms with Crippen LogP contribution in [0.3, 0.4) is 0 Å². The zero-order valence-corrected chi connectivity index (χ0v) is 12.2. The molecule has 1 N–H and O–H groups in total. The largest absolute Gasteiger partial charge is 0.381 e. The van der Waals surface area contributed by atoms with Gasteiger partial charge in [0.25, 0.3) is 0 Å². The van der Waals surface area contributed by atoms with E-state index in [9.17, 15) is 5.26 Å². The van der Waals surface area contributed by atoms with E-state index in [1.165, 1.54) is 25.7 Å². The summed E-state index contributed by atoms with van der Waals surface area (Å²) in [5, 5.41) is 12.8. The van der Waals surface area contributed by atoms with Crippen molar-refractivity contribution < 1.29 is 0 Å². The molecule has 0 aliphatic heterocycles. The summed E-state index contributed by atoms with van der Waals surface area (Å²) in [6, 6.07) is 8.90. The van der Waals surface area contributed by atoms with Crippen molar-refractivity contribution in [2.75, 3.05) is 5.32 Å². The Morgan fingerprint density at radius 1 is 1.21 bits per heavy atom. The van der Waals surface area contributed by atoms with E-state index in [0.717, 1.165) is 28.7 Å². The fourth-order valence-corrected chi connectivity index (χ4v) is 3.09. The van der Waals surface area contributed by atoms with Crippen LogP contribution in [0.2, 0.25) is 0 Å². The van der Waals surface area contributed by atoms with Crippen LogP contribution in [0.25, 0.3) is 0 Å². The molecule has 1 fully saturated rings. The molecular weight excluding hydrogens is 232 g/mol. The van der Waals surface area contributed by atoms with Gasteiger partial charge in [-0.2, -0.15) is 5.26 Å². The molecule has 0 bridgehead atoms. The molecule has 1 aromatic carbocycles. The van der Waals surface area contributed by atoms with Crippen LogP contribution in [0, 0.1) is 30.1 Å². The van der Waals surface area contributed by atoms with Crippen molar-refractivity contribution in [3.63, 3.8) is 0 Å². The number of benzene rings is 1. The van der Waals surface area contributed by atoms with E-state index in [0.29, 0.717) is 6.04 Å². The van der Waals surface area contributed by atoms with Gasteiger partial charge in [0.1, 0.15) is 6.07 Å². The lowest BCUT2D eigenvalue weighted by atomic mass is 9.79. The third-order valence-corrected chi connectivity index (χ3v) is 4.46. The average molecular weight is 256 g/mol. The van der Waals surface area contributed by atoms with E-state index in [-0.39, 0.29) is 0 Å². The van der Waals surface area contributed by atoms with Crippen molar-refractivity contribution >= 4 is 5.69 Å². The van der Waals surface area contributed by atoms with E-state index in [2.05, 4.69) is 25.2 Å². The molecule has 0 amide bonds. The van der Waals surface area contributed by atoms with Crippen LogP contribution < -0.4 is 5.32 Å². The highest BCUT2D eigenvalue weighted by Gasteiger charge is 2.23. The number of hydrogen-bond acceptors (Lipinski definition) is 2. The second kappa shape index (κ2) is 6.10. The molecule has 0 heterocycles. The van der Waals surface area contributed by atoms with Gasteiger partial charge in [0.2, 0.25) is 0 Å². The van der Waals surface area contributed by atoms with Crippen LogP contribution in [0.15, 0.2) is 18.2 Å². The molecule has 0 radical (unpaired) electrons. The van der Waals surface area contributed by atoms with Crippen LogP contribution in [0.4, 0.5) is 5.69 Å². The molecule has 1 saturated carbocycles. The summed E-state index contributed by atoms with van der Waals surface area (Å²) < 4.78 is 0. The second-order valence-corrected chi connectivity index (χ2v) is 6.11. The number of rotatable bonds is 3. The SMILES string of the molecule is Cc1cccc(NC2CCC(C(C)C)CC2)c1C#N. The molecule has 102 valence electrons. The summed E-state index contributed by atoms with van der Waals surface area (Å²) in [6.45, 7) is 6.65. The van der Waals surface area contributed by atoms with Crippen LogP contribution in [0.5, 0.6) is 0 Å². The van der Waals surface area contributed by atoms with Gasteiger partial charge >= 0.3 is 0 Å². The van der Waals surface area contributed by atoms with E-state index in [1.807, 2.05) is 25.1 Å². The Hall–Kier alpha value is -1.49. The molecule has 0 aromatic heterocycles. The average Bonchev–Trinajstić information content (AvgIpc) is 2.39. The molecule has 1 aliphatic carbocycles. The summed E-state index contributed by atoms with van der Waals surface area (Å²) in [4.78, 5) is 0. The molecule has 1 aromatic rings. The predicted molar refractivity (Wildman–Crippen MR) is 80.1 cm³/mol. The van der Waals surface area contributed by atoms with Gasteiger partial charge in [0, 0.05) is 6.04 Å². The number of aryl methyl sites for hydroxylation is 1. The third-order valence-electron chi connectivity index (χ3n) is 4.46. The molecule has 2 rings (SSSR count). The topological polar surface area (TPSA) is 35.8 Å². The molecule has 2 heteroatoms. The fraction of sp³-hybridized carbons (Fsp3) is 0.588. The van der Waals surface area contributed by atoms with Gasteiger partial charge in [-0.1, -0.05) is 26.0 Å². The molecule has 19 heavy (non-hydrogen) atoms. The maximum atomic E-state index is 9.25. The Labute approximate surface area is 116 Å². The van der Waals surface area contributed by atoms with Crippen molar-refractivity contribution in [2.45, 2.75) is 52.5 Å². The van der Waals surface area contributed by atoms with Crippen LogP contribution in [-0.2, 0) is 0 Å². The minimum atomic E-state index is 0.531. The monoisotopic (exact) mass is 256 g/mol. The van der Waals surface area contributed by atoms with E-state index in [4.69, 9.17) is 0 Å². The lowest BCUT2D eigenvalue weighted by molar-refractivity contribution is 0.267. The Morgan fingerprint density at radius 2 is 1.89 bits per heavy atom. The first-order valence-electron chi connectivity index (χ1n) is 7.38. The first kappa shape index (κ1) is 13.9. The smallest absolute Gasteiger partial charge is 0.102 e. The van der Waals surface area contributed by atoms with Crippen molar-refractivity contribution in [1.29, 1.82) is 5.26 Å². The van der Waals surface area contributed by atoms with Gasteiger partial charge in [-0.25, -0.2) is 0 Å². The van der Waals surface area contributed by atoms with Crippen LogP contribution in [0.1, 0.15) is 50.7 Å². The standard InChI is InChI=1S/C17H24N2/c1-12(2)14-7-9-15(10-8-14)19-17-6-4-5-13(3)16(17)11-18/h4-6,12,14-15,19H,7-10H2,1-3H3. The quantitative estimate of drug-likeness (QED) is 0.864. The molecule has 0 atom stereocenters. The van der Waals surface area contributed by atoms with Gasteiger partial charge < -0.3 is 5.32 Å². The predicted octanol–water partition coefficient (Wildman–Crippen LogP) is 4.49. The van der Waals surface area contributed by atoms with Crippen LogP contribution in [-0.4, -0.2) is 6.04 Å². The summed E-state index contributed by atoms with van der Waals surface area (Å²) in [6.07, 6.45) is 5.06. The summed E-state index contributed by atoms with van der Waals surface area (Å²) >= 11 is 0. The second-order valence-electron chi connectivity index (χ2n) is 6.11. The van der Waals surface area contributed by atoms with Gasteiger partial charge in [-0.05, 0) is 56.1 Å². The van der Waals surface area contributed by atoms with E-state index < -0.39 is 0 Å². The van der Waals surface area contributed by atoms with Crippen molar-refractivity contribution in [3.05, 3.63) is 29.3 Å². The molecule has 2 nitrogen and oxygen atoms in total. The molecule has 1 aliphatic rings. The lowest BCUT2D eigenvalue weighted by Gasteiger charge is -2.32. The van der Waals surface area contributed by atoms with E-state index >= 15 is 0 Å². The highest BCUT2D eigenvalue weighted by Crippen LogP contribution is 2.32. The lowest BCUT2D eigenvalue weighted by Crippen LogP contribution is -2.28. The zero-order valence-electron chi connectivity index (χ0n) is 12.2. The molecular formula is C17H24N2. The van der Waals surface area contributed by atoms with Gasteiger partial charge in [0.15, 0.2) is 0 Å². The Balaban J connectivity index is 2.00. The van der Waals surface area contributed by atoms with Gasteiger partial charge in [-0.15, -0.1) is 0 Å². The summed E-state index contributed by atoms with van der Waals surface area (Å²) in [5.41, 5.74) is 2.87. The van der Waals surface area contributed by atoms with E-state index in [1.54, 1.807) is 0 Å². The van der Waals surface area contributed by atoms with Crippen molar-refractivity contribution in [2.24, 2.45) is 11.8 Å². The van der Waals surface area contributed by atoms with Gasteiger partial charge in [-0.3, -0.25) is 0 Å². The minimum absolute atomic E-state index is 0.531. The number of nitrogens with zero attached hydrogens (tertiary/aromatic N) is 1. The number of nitrogens with one attached hydrogen (secondary N) is 1. The number of hydrogen-bond donors (Lipinski definition) is 1. The maximum Gasteiger partial charge on any atom is 0.102 e. The first-order valence-corrected chi connectivity index (χ1v) is 7.38. The Kier molecular flexibility index (Phi) is 4.47. The van der Waals surface area contributed by atoms with Crippen LogP contribution >= 0.6 is 0 Å². The Morgan fingerprint density at radius 3 is 2.47 bits per heavy atom.